The molecule has 3 heteroatoms. The predicted octanol–water partition coefficient (Wildman–Crippen LogP) is 4.49. The fourth-order valence-corrected chi connectivity index (χ4v) is 1.98. The van der Waals surface area contributed by atoms with Crippen LogP contribution in [0.3, 0.4) is 0 Å². The van der Waals surface area contributed by atoms with Crippen LogP contribution in [0.2, 0.25) is 5.02 Å². The Bertz CT molecular complexity index is 645. The van der Waals surface area contributed by atoms with Gasteiger partial charge >= 0.3 is 5.97 Å². The van der Waals surface area contributed by atoms with Gasteiger partial charge in [-0.2, -0.15) is 0 Å². The highest BCUT2D eigenvalue weighted by molar-refractivity contribution is 6.30. The average molecular weight is 273 g/mol. The minimum atomic E-state index is -0.909. The number of benzene rings is 2. The topological polar surface area (TPSA) is 37.3 Å². The molecule has 2 aromatic rings. The van der Waals surface area contributed by atoms with Crippen molar-refractivity contribution < 1.29 is 9.90 Å². The predicted molar refractivity (Wildman–Crippen MR) is 78.2 cm³/mol. The van der Waals surface area contributed by atoms with Gasteiger partial charge in [-0.3, -0.25) is 0 Å². The van der Waals surface area contributed by atoms with E-state index in [1.807, 2.05) is 48.5 Å². The maximum absolute atomic E-state index is 10.8. The van der Waals surface area contributed by atoms with E-state index in [4.69, 9.17) is 16.7 Å². The highest BCUT2D eigenvalue weighted by atomic mass is 35.5. The van der Waals surface area contributed by atoms with Gasteiger partial charge in [-0.15, -0.1) is 0 Å². The van der Waals surface area contributed by atoms with Crippen LogP contribution in [0.1, 0.15) is 12.5 Å². The van der Waals surface area contributed by atoms with Crippen LogP contribution in [0.5, 0.6) is 0 Å². The quantitative estimate of drug-likeness (QED) is 0.836. The van der Waals surface area contributed by atoms with E-state index in [-0.39, 0.29) is 0 Å². The fourth-order valence-electron chi connectivity index (χ4n) is 1.79. The standard InChI is InChI=1S/C16H13ClO2/c1-11(16(18)19)8-12-4-2-5-13(9-12)14-6-3-7-15(17)10-14/h2-10H,1H3,(H,18,19)/b11-8+. The first-order valence-electron chi connectivity index (χ1n) is 5.84. The second-order valence-electron chi connectivity index (χ2n) is 4.27. The molecular weight excluding hydrogens is 260 g/mol. The number of carboxylic acid groups (broad SMARTS) is 1. The second kappa shape index (κ2) is 5.72. The van der Waals surface area contributed by atoms with Gasteiger partial charge in [-0.25, -0.2) is 4.79 Å². The Labute approximate surface area is 117 Å². The van der Waals surface area contributed by atoms with Crippen LogP contribution >= 0.6 is 11.6 Å². The summed E-state index contributed by atoms with van der Waals surface area (Å²) in [5.41, 5.74) is 3.19. The number of hydrogen-bond donors (Lipinski definition) is 1. The minimum absolute atomic E-state index is 0.309. The molecule has 0 heterocycles. The summed E-state index contributed by atoms with van der Waals surface area (Å²) in [4.78, 5) is 10.8. The third-order valence-electron chi connectivity index (χ3n) is 2.77. The Balaban J connectivity index is 2.40. The molecule has 0 saturated heterocycles. The lowest BCUT2D eigenvalue weighted by atomic mass is 10.0. The lowest BCUT2D eigenvalue weighted by Crippen LogP contribution is -1.95. The Morgan fingerprint density at radius 2 is 1.74 bits per heavy atom. The summed E-state index contributed by atoms with van der Waals surface area (Å²) in [6.45, 7) is 1.58. The number of rotatable bonds is 3. The van der Waals surface area contributed by atoms with Crippen molar-refractivity contribution in [2.75, 3.05) is 0 Å². The van der Waals surface area contributed by atoms with Crippen molar-refractivity contribution in [2.45, 2.75) is 6.92 Å². The van der Waals surface area contributed by atoms with Gasteiger partial charge in [-0.1, -0.05) is 41.9 Å². The normalized spacial score (nSPS) is 11.4. The maximum atomic E-state index is 10.8. The first kappa shape index (κ1) is 13.4. The van der Waals surface area contributed by atoms with E-state index in [9.17, 15) is 4.79 Å². The van der Waals surface area contributed by atoms with E-state index in [0.717, 1.165) is 16.7 Å². The highest BCUT2D eigenvalue weighted by Crippen LogP contribution is 2.24. The Hall–Kier alpha value is -2.06. The zero-order valence-corrected chi connectivity index (χ0v) is 11.2. The molecule has 0 aliphatic carbocycles. The van der Waals surface area contributed by atoms with Crippen LogP contribution in [0.25, 0.3) is 17.2 Å². The van der Waals surface area contributed by atoms with Gasteiger partial charge in [0.15, 0.2) is 0 Å². The molecular formula is C16H13ClO2. The Morgan fingerprint density at radius 1 is 1.11 bits per heavy atom. The molecule has 0 unspecified atom stereocenters. The van der Waals surface area contributed by atoms with Crippen molar-refractivity contribution in [2.24, 2.45) is 0 Å². The van der Waals surface area contributed by atoms with Crippen LogP contribution in [0, 0.1) is 0 Å². The van der Waals surface area contributed by atoms with Crippen molar-refractivity contribution >= 4 is 23.6 Å². The lowest BCUT2D eigenvalue weighted by molar-refractivity contribution is -0.132. The molecule has 1 N–H and O–H groups in total. The van der Waals surface area contributed by atoms with E-state index in [1.54, 1.807) is 13.0 Å². The van der Waals surface area contributed by atoms with Crippen LogP contribution in [-0.4, -0.2) is 11.1 Å². The third kappa shape index (κ3) is 3.46. The molecule has 0 atom stereocenters. The molecule has 0 saturated carbocycles. The lowest BCUT2D eigenvalue weighted by Gasteiger charge is -2.04. The largest absolute Gasteiger partial charge is 0.478 e. The first-order valence-corrected chi connectivity index (χ1v) is 6.21. The van der Waals surface area contributed by atoms with Crippen molar-refractivity contribution in [3.8, 4) is 11.1 Å². The summed E-state index contributed by atoms with van der Waals surface area (Å²) >= 11 is 5.97. The smallest absolute Gasteiger partial charge is 0.331 e. The van der Waals surface area contributed by atoms with E-state index in [0.29, 0.717) is 10.6 Å². The van der Waals surface area contributed by atoms with Crippen LogP contribution < -0.4 is 0 Å². The summed E-state index contributed by atoms with van der Waals surface area (Å²) in [6, 6.07) is 15.3. The van der Waals surface area contributed by atoms with Crippen LogP contribution in [-0.2, 0) is 4.79 Å². The summed E-state index contributed by atoms with van der Waals surface area (Å²) in [6.07, 6.45) is 1.65. The maximum Gasteiger partial charge on any atom is 0.331 e. The van der Waals surface area contributed by atoms with E-state index < -0.39 is 5.97 Å². The van der Waals surface area contributed by atoms with Crippen molar-refractivity contribution in [3.63, 3.8) is 0 Å². The van der Waals surface area contributed by atoms with Gasteiger partial charge in [-0.05, 0) is 47.9 Å². The fraction of sp³-hybridized carbons (Fsp3) is 0.0625. The number of hydrogen-bond acceptors (Lipinski definition) is 1. The van der Waals surface area contributed by atoms with Crippen LogP contribution in [0.15, 0.2) is 54.1 Å². The highest BCUT2D eigenvalue weighted by Gasteiger charge is 2.02. The summed E-state index contributed by atoms with van der Waals surface area (Å²) in [7, 11) is 0. The molecule has 0 radical (unpaired) electrons. The number of carboxylic acids is 1. The number of halogens is 1. The molecule has 2 aromatic carbocycles. The Kier molecular flexibility index (Phi) is 4.03. The van der Waals surface area contributed by atoms with E-state index in [2.05, 4.69) is 0 Å². The molecule has 2 rings (SSSR count). The van der Waals surface area contributed by atoms with Gasteiger partial charge < -0.3 is 5.11 Å². The van der Waals surface area contributed by atoms with Crippen molar-refractivity contribution in [3.05, 3.63) is 64.7 Å². The third-order valence-corrected chi connectivity index (χ3v) is 3.00. The van der Waals surface area contributed by atoms with Gasteiger partial charge in [0, 0.05) is 10.6 Å². The molecule has 0 aliphatic heterocycles. The first-order chi connectivity index (χ1) is 9.06. The number of aliphatic carboxylic acids is 1. The molecule has 0 aliphatic rings. The van der Waals surface area contributed by atoms with Gasteiger partial charge in [0.2, 0.25) is 0 Å². The molecule has 0 fully saturated rings. The molecule has 2 nitrogen and oxygen atoms in total. The minimum Gasteiger partial charge on any atom is -0.478 e. The van der Waals surface area contributed by atoms with Crippen molar-refractivity contribution in [1.82, 2.24) is 0 Å². The van der Waals surface area contributed by atoms with E-state index in [1.165, 1.54) is 0 Å². The molecule has 0 spiro atoms. The zero-order valence-electron chi connectivity index (χ0n) is 10.4. The molecule has 0 amide bonds. The van der Waals surface area contributed by atoms with Crippen LogP contribution in [0.4, 0.5) is 0 Å². The van der Waals surface area contributed by atoms with E-state index >= 15 is 0 Å². The molecule has 96 valence electrons. The number of carbonyl (C=O) groups is 1. The van der Waals surface area contributed by atoms with Crippen molar-refractivity contribution in [1.29, 1.82) is 0 Å². The summed E-state index contributed by atoms with van der Waals surface area (Å²) < 4.78 is 0. The average Bonchev–Trinajstić information content (AvgIpc) is 2.39. The molecule has 0 bridgehead atoms. The van der Waals surface area contributed by atoms with Gasteiger partial charge in [0.25, 0.3) is 0 Å². The summed E-state index contributed by atoms with van der Waals surface area (Å²) in [5.74, 6) is -0.909. The summed E-state index contributed by atoms with van der Waals surface area (Å²) in [5, 5.41) is 9.56. The molecule has 0 aromatic heterocycles. The Morgan fingerprint density at radius 3 is 2.37 bits per heavy atom. The van der Waals surface area contributed by atoms with Gasteiger partial charge in [0.1, 0.15) is 0 Å². The van der Waals surface area contributed by atoms with Gasteiger partial charge in [0.05, 0.1) is 0 Å². The molecule has 19 heavy (non-hydrogen) atoms. The zero-order chi connectivity index (χ0) is 13.8. The second-order valence-corrected chi connectivity index (χ2v) is 4.70. The SMILES string of the molecule is C/C(=C\c1cccc(-c2cccc(Cl)c2)c1)C(=O)O. The monoisotopic (exact) mass is 272 g/mol.